The van der Waals surface area contributed by atoms with Crippen LogP contribution in [0, 0.1) is 6.92 Å². The Kier molecular flexibility index (Phi) is 3.74. The van der Waals surface area contributed by atoms with Crippen LogP contribution in [0.25, 0.3) is 0 Å². The van der Waals surface area contributed by atoms with E-state index in [1.54, 1.807) is 55.5 Å². The van der Waals surface area contributed by atoms with E-state index in [-0.39, 0.29) is 11.8 Å². The summed E-state index contributed by atoms with van der Waals surface area (Å²) in [5, 5.41) is 0. The van der Waals surface area contributed by atoms with Gasteiger partial charge in [-0.05, 0) is 61.2 Å². The van der Waals surface area contributed by atoms with E-state index in [2.05, 4.69) is 4.98 Å². The van der Waals surface area contributed by atoms with Crippen molar-refractivity contribution in [3.05, 3.63) is 93.7 Å². The first-order chi connectivity index (χ1) is 15.5. The van der Waals surface area contributed by atoms with Crippen molar-refractivity contribution in [2.45, 2.75) is 25.8 Å². The normalized spacial score (nSPS) is 19.0. The Bertz CT molecular complexity index is 1320. The van der Waals surface area contributed by atoms with Crippen LogP contribution >= 0.6 is 0 Å². The summed E-state index contributed by atoms with van der Waals surface area (Å²) in [5.41, 5.74) is 3.69. The van der Waals surface area contributed by atoms with Gasteiger partial charge in [0.25, 0.3) is 23.6 Å². The number of imide groups is 2. The minimum atomic E-state index is -0.417. The van der Waals surface area contributed by atoms with E-state index >= 15 is 0 Å². The van der Waals surface area contributed by atoms with Gasteiger partial charge in [-0.25, -0.2) is 9.88 Å². The fourth-order valence-corrected chi connectivity index (χ4v) is 4.95. The minimum Gasteiger partial charge on any atom is -0.269 e. The molecule has 7 nitrogen and oxygen atoms in total. The summed E-state index contributed by atoms with van der Waals surface area (Å²) in [5.74, 6) is -1.08. The van der Waals surface area contributed by atoms with Crippen molar-refractivity contribution in [3.8, 4) is 0 Å². The molecule has 0 N–H and O–H groups in total. The molecule has 1 aliphatic carbocycles. The molecule has 32 heavy (non-hydrogen) atoms. The van der Waals surface area contributed by atoms with E-state index in [0.29, 0.717) is 52.2 Å². The van der Waals surface area contributed by atoms with Gasteiger partial charge in [0.2, 0.25) is 0 Å². The molecule has 1 unspecified atom stereocenters. The molecule has 4 amide bonds. The van der Waals surface area contributed by atoms with Gasteiger partial charge in [0, 0.05) is 5.69 Å². The highest BCUT2D eigenvalue weighted by molar-refractivity contribution is 6.34. The molecule has 0 fully saturated rings. The molecular weight excluding hydrogens is 406 g/mol. The Labute approximate surface area is 183 Å². The summed E-state index contributed by atoms with van der Waals surface area (Å²) in [4.78, 5) is 58.9. The lowest BCUT2D eigenvalue weighted by Gasteiger charge is -2.24. The summed E-state index contributed by atoms with van der Waals surface area (Å²) in [7, 11) is 0. The van der Waals surface area contributed by atoms with Crippen LogP contribution in [0.2, 0.25) is 0 Å². The SMILES string of the molecule is Cc1cc2c(nc1N1C(=O)c3ccccc3C1=O)CCC2N1C(=O)c2ccccc2C1=O. The first-order valence-electron chi connectivity index (χ1n) is 10.4. The van der Waals surface area contributed by atoms with E-state index < -0.39 is 17.9 Å². The molecule has 6 rings (SSSR count). The molecule has 2 aromatic carbocycles. The molecule has 156 valence electrons. The molecule has 2 aliphatic heterocycles. The third-order valence-corrected chi connectivity index (χ3v) is 6.46. The molecule has 0 saturated carbocycles. The lowest BCUT2D eigenvalue weighted by Crippen LogP contribution is -2.33. The monoisotopic (exact) mass is 423 g/mol. The number of carbonyl (C=O) groups is 4. The van der Waals surface area contributed by atoms with E-state index in [1.165, 1.54) is 4.90 Å². The van der Waals surface area contributed by atoms with Gasteiger partial charge < -0.3 is 0 Å². The predicted molar refractivity (Wildman–Crippen MR) is 115 cm³/mol. The molecule has 0 bridgehead atoms. The van der Waals surface area contributed by atoms with Crippen molar-refractivity contribution >= 4 is 29.4 Å². The molecular formula is C25H17N3O4. The maximum atomic E-state index is 13.0. The first kappa shape index (κ1) is 18.6. The number of fused-ring (bicyclic) bond motifs is 3. The maximum absolute atomic E-state index is 13.0. The van der Waals surface area contributed by atoms with Crippen LogP contribution in [-0.4, -0.2) is 33.5 Å². The summed E-state index contributed by atoms with van der Waals surface area (Å²) >= 11 is 0. The van der Waals surface area contributed by atoms with Crippen molar-refractivity contribution in [1.29, 1.82) is 0 Å². The van der Waals surface area contributed by atoms with Crippen molar-refractivity contribution < 1.29 is 19.2 Å². The van der Waals surface area contributed by atoms with Crippen LogP contribution in [0.4, 0.5) is 5.82 Å². The number of amides is 4. The highest BCUT2D eigenvalue weighted by Gasteiger charge is 2.44. The highest BCUT2D eigenvalue weighted by atomic mass is 16.2. The third kappa shape index (κ3) is 2.33. The van der Waals surface area contributed by atoms with Gasteiger partial charge in [-0.3, -0.25) is 24.1 Å². The number of nitrogens with zero attached hydrogens (tertiary/aromatic N) is 3. The zero-order valence-corrected chi connectivity index (χ0v) is 17.2. The minimum absolute atomic E-state index is 0.300. The third-order valence-electron chi connectivity index (χ3n) is 6.46. The Morgan fingerprint density at radius 2 is 1.28 bits per heavy atom. The van der Waals surface area contributed by atoms with Crippen LogP contribution < -0.4 is 4.90 Å². The second-order valence-corrected chi connectivity index (χ2v) is 8.24. The zero-order valence-electron chi connectivity index (χ0n) is 17.2. The van der Waals surface area contributed by atoms with Crippen LogP contribution in [-0.2, 0) is 6.42 Å². The first-order valence-corrected chi connectivity index (χ1v) is 10.4. The smallest absolute Gasteiger partial charge is 0.267 e. The molecule has 1 atom stereocenters. The van der Waals surface area contributed by atoms with Gasteiger partial charge in [0.1, 0.15) is 5.82 Å². The number of benzene rings is 2. The van der Waals surface area contributed by atoms with Crippen LogP contribution in [0.5, 0.6) is 0 Å². The van der Waals surface area contributed by atoms with E-state index in [9.17, 15) is 19.2 Å². The van der Waals surface area contributed by atoms with Crippen LogP contribution in [0.1, 0.15) is 70.7 Å². The second-order valence-electron chi connectivity index (χ2n) is 8.24. The highest BCUT2D eigenvalue weighted by Crippen LogP contribution is 2.41. The molecule has 7 heteroatoms. The molecule has 3 aromatic rings. The Hall–Kier alpha value is -4.13. The van der Waals surface area contributed by atoms with Gasteiger partial charge in [0.15, 0.2) is 0 Å². The predicted octanol–water partition coefficient (Wildman–Crippen LogP) is 3.47. The average Bonchev–Trinajstić information content (AvgIpc) is 3.40. The number of hydrogen-bond acceptors (Lipinski definition) is 5. The van der Waals surface area contributed by atoms with Gasteiger partial charge in [-0.2, -0.15) is 0 Å². The number of rotatable bonds is 2. The van der Waals surface area contributed by atoms with Crippen molar-refractivity contribution in [3.63, 3.8) is 0 Å². The van der Waals surface area contributed by atoms with Gasteiger partial charge in [-0.15, -0.1) is 0 Å². The van der Waals surface area contributed by atoms with E-state index in [1.807, 2.05) is 6.07 Å². The quantitative estimate of drug-likeness (QED) is 0.589. The Balaban J connectivity index is 1.39. The number of hydrogen-bond donors (Lipinski definition) is 0. The fraction of sp³-hybridized carbons (Fsp3) is 0.160. The summed E-state index contributed by atoms with van der Waals surface area (Å²) in [6.07, 6.45) is 1.10. The van der Waals surface area contributed by atoms with Gasteiger partial charge in [0.05, 0.1) is 28.3 Å². The molecule has 3 aliphatic rings. The number of carbonyl (C=O) groups excluding carboxylic acids is 4. The van der Waals surface area contributed by atoms with Gasteiger partial charge in [-0.1, -0.05) is 24.3 Å². The number of aryl methyl sites for hydroxylation is 2. The molecule has 0 radical (unpaired) electrons. The van der Waals surface area contributed by atoms with E-state index in [0.717, 1.165) is 10.5 Å². The molecule has 0 spiro atoms. The molecule has 0 saturated heterocycles. The van der Waals surface area contributed by atoms with E-state index in [4.69, 9.17) is 0 Å². The Morgan fingerprint density at radius 1 is 0.781 bits per heavy atom. The molecule has 3 heterocycles. The second kappa shape index (κ2) is 6.43. The summed E-state index contributed by atoms with van der Waals surface area (Å²) in [6.45, 7) is 1.78. The topological polar surface area (TPSA) is 87.7 Å². The number of anilines is 1. The zero-order chi connectivity index (χ0) is 22.1. The lowest BCUT2D eigenvalue weighted by atomic mass is 10.1. The van der Waals surface area contributed by atoms with Crippen molar-refractivity contribution in [2.75, 3.05) is 4.90 Å². The molecule has 1 aromatic heterocycles. The fourth-order valence-electron chi connectivity index (χ4n) is 4.95. The standard InChI is InChI=1S/C25H17N3O4/c1-13-12-18-19(26-21(13)28-24(31)16-8-4-5-9-17(16)25(28)32)10-11-20(18)27-22(29)14-6-2-3-7-15(14)23(27)30/h2-9,12,20H,10-11H2,1H3. The largest absolute Gasteiger partial charge is 0.269 e. The number of aromatic nitrogens is 1. The Morgan fingerprint density at radius 3 is 1.81 bits per heavy atom. The van der Waals surface area contributed by atoms with Crippen LogP contribution in [0.15, 0.2) is 54.6 Å². The van der Waals surface area contributed by atoms with Crippen LogP contribution in [0.3, 0.4) is 0 Å². The summed E-state index contributed by atoms with van der Waals surface area (Å²) in [6, 6.07) is 15.0. The maximum Gasteiger partial charge on any atom is 0.267 e. The average molecular weight is 423 g/mol. The number of pyridine rings is 1. The summed E-state index contributed by atoms with van der Waals surface area (Å²) < 4.78 is 0. The van der Waals surface area contributed by atoms with Crippen molar-refractivity contribution in [2.24, 2.45) is 0 Å². The lowest BCUT2D eigenvalue weighted by molar-refractivity contribution is 0.0582. The van der Waals surface area contributed by atoms with Crippen molar-refractivity contribution in [1.82, 2.24) is 9.88 Å². The van der Waals surface area contributed by atoms with Gasteiger partial charge >= 0.3 is 0 Å².